The van der Waals surface area contributed by atoms with Crippen LogP contribution in [0.2, 0.25) is 0 Å². The van der Waals surface area contributed by atoms with Crippen molar-refractivity contribution in [2.75, 3.05) is 40.3 Å². The Labute approximate surface area is 320 Å². The molecule has 5 heterocycles. The SMILES string of the molecule is CC.Cc1nc2ccc(B3OC(C)(C)C(C)(C)O3)cc2n1CCCN(C)C.Cc1nc2ccc(B3OC(C)(C)C(C)(C)O3)cc2n1CCN1CCCC1. The number of aromatic nitrogens is 4. The van der Waals surface area contributed by atoms with Gasteiger partial charge in [-0.1, -0.05) is 26.0 Å². The van der Waals surface area contributed by atoms with Gasteiger partial charge in [-0.15, -0.1) is 0 Å². The van der Waals surface area contributed by atoms with E-state index >= 15 is 0 Å². The minimum Gasteiger partial charge on any atom is -0.399 e. The second-order valence-electron chi connectivity index (χ2n) is 17.0. The van der Waals surface area contributed by atoms with E-state index < -0.39 is 0 Å². The standard InChI is InChI=1S/C20H30BN3O2.C19H30BN3O2.C2H6/c1-15-22-17-9-8-16(21-25-19(2,3)20(4,5)26-21)14-18(17)24(15)13-12-23-10-6-7-11-23;1-14-21-16-10-9-15(20-24-18(2,3)19(4,5)25-20)13-17(16)23(14)12-8-11-22(6)7;1-2/h8-9,14H,6-7,10-13H2,1-5H3;9-10,13H,8,11-12H2,1-7H3;1-2H3. The third-order valence-corrected chi connectivity index (χ3v) is 11.8. The van der Waals surface area contributed by atoms with Crippen LogP contribution in [0.3, 0.4) is 0 Å². The maximum absolute atomic E-state index is 6.23. The molecule has 0 spiro atoms. The summed E-state index contributed by atoms with van der Waals surface area (Å²) in [5.74, 6) is 2.13. The van der Waals surface area contributed by atoms with Gasteiger partial charge in [0.05, 0.1) is 44.5 Å². The molecule has 7 rings (SSSR count). The van der Waals surface area contributed by atoms with E-state index in [2.05, 4.69) is 139 Å². The van der Waals surface area contributed by atoms with Gasteiger partial charge in [-0.05, 0) is 157 Å². The summed E-state index contributed by atoms with van der Waals surface area (Å²) in [5.41, 5.74) is 5.24. The van der Waals surface area contributed by atoms with Crippen molar-refractivity contribution in [3.8, 4) is 0 Å². The molecule has 0 saturated carbocycles. The Kier molecular flexibility index (Phi) is 12.6. The lowest BCUT2D eigenvalue weighted by Gasteiger charge is -2.32. The molecule has 53 heavy (non-hydrogen) atoms. The van der Waals surface area contributed by atoms with Crippen molar-refractivity contribution >= 4 is 47.2 Å². The van der Waals surface area contributed by atoms with Gasteiger partial charge >= 0.3 is 14.2 Å². The monoisotopic (exact) mass is 729 g/mol. The zero-order valence-corrected chi connectivity index (χ0v) is 35.3. The summed E-state index contributed by atoms with van der Waals surface area (Å²) in [6.07, 6.45) is 3.76. The second kappa shape index (κ2) is 16.2. The number of rotatable bonds is 9. The van der Waals surface area contributed by atoms with Crippen molar-refractivity contribution in [2.45, 2.75) is 138 Å². The molecule has 0 aliphatic carbocycles. The summed E-state index contributed by atoms with van der Waals surface area (Å²) in [4.78, 5) is 14.2. The third kappa shape index (κ3) is 8.89. The zero-order chi connectivity index (χ0) is 38.9. The van der Waals surface area contributed by atoms with Crippen LogP contribution in [-0.4, -0.2) is 106 Å². The summed E-state index contributed by atoms with van der Waals surface area (Å²) in [5, 5.41) is 0. The molecule has 12 heteroatoms. The number of fused-ring (bicyclic) bond motifs is 2. The maximum atomic E-state index is 6.23. The Morgan fingerprint density at radius 2 is 1.02 bits per heavy atom. The predicted molar refractivity (Wildman–Crippen MR) is 221 cm³/mol. The van der Waals surface area contributed by atoms with Gasteiger partial charge in [-0.2, -0.15) is 0 Å². The van der Waals surface area contributed by atoms with E-state index in [4.69, 9.17) is 28.6 Å². The van der Waals surface area contributed by atoms with Gasteiger partial charge in [-0.25, -0.2) is 9.97 Å². The van der Waals surface area contributed by atoms with Crippen molar-refractivity contribution in [1.82, 2.24) is 28.9 Å². The first-order valence-corrected chi connectivity index (χ1v) is 19.9. The van der Waals surface area contributed by atoms with Crippen molar-refractivity contribution in [3.05, 3.63) is 48.0 Å². The Morgan fingerprint density at radius 1 is 0.623 bits per heavy atom. The van der Waals surface area contributed by atoms with E-state index in [0.29, 0.717) is 0 Å². The van der Waals surface area contributed by atoms with Crippen LogP contribution in [0, 0.1) is 13.8 Å². The van der Waals surface area contributed by atoms with Gasteiger partial charge in [0.15, 0.2) is 0 Å². The molecule has 3 aliphatic rings. The molecule has 4 aromatic rings. The molecule has 3 aliphatic heterocycles. The number of likely N-dealkylation sites (tertiary alicyclic amines) is 1. The molecular weight excluding hydrogens is 662 g/mol. The average molecular weight is 729 g/mol. The normalized spacial score (nSPS) is 20.3. The number of hydrogen-bond donors (Lipinski definition) is 0. The van der Waals surface area contributed by atoms with Gasteiger partial charge in [0.25, 0.3) is 0 Å². The fourth-order valence-corrected chi connectivity index (χ4v) is 7.13. The first kappa shape index (κ1) is 41.4. The third-order valence-electron chi connectivity index (χ3n) is 11.8. The molecule has 0 atom stereocenters. The number of aryl methyl sites for hydroxylation is 3. The number of hydrogen-bond acceptors (Lipinski definition) is 8. The van der Waals surface area contributed by atoms with Crippen LogP contribution >= 0.6 is 0 Å². The van der Waals surface area contributed by atoms with Crippen LogP contribution in [0.25, 0.3) is 22.1 Å². The molecule has 0 bridgehead atoms. The smallest absolute Gasteiger partial charge is 0.399 e. The number of benzene rings is 2. The highest BCUT2D eigenvalue weighted by atomic mass is 16.7. The second-order valence-corrected chi connectivity index (χ2v) is 17.0. The van der Waals surface area contributed by atoms with Crippen LogP contribution in [0.1, 0.15) is 100 Å². The van der Waals surface area contributed by atoms with E-state index in [1.165, 1.54) is 31.4 Å². The molecule has 2 aromatic heterocycles. The summed E-state index contributed by atoms with van der Waals surface area (Å²) in [6, 6.07) is 12.7. The van der Waals surface area contributed by atoms with Crippen LogP contribution in [0.4, 0.5) is 0 Å². The molecule has 0 radical (unpaired) electrons. The number of nitrogens with zero attached hydrogens (tertiary/aromatic N) is 6. The first-order valence-electron chi connectivity index (χ1n) is 19.9. The summed E-state index contributed by atoms with van der Waals surface area (Å²) >= 11 is 0. The van der Waals surface area contributed by atoms with Gasteiger partial charge < -0.3 is 37.6 Å². The summed E-state index contributed by atoms with van der Waals surface area (Å²) in [6.45, 7) is 31.4. The Morgan fingerprint density at radius 3 is 1.42 bits per heavy atom. The van der Waals surface area contributed by atoms with Crippen molar-refractivity contribution in [2.24, 2.45) is 0 Å². The lowest BCUT2D eigenvalue weighted by Crippen LogP contribution is -2.41. The molecule has 0 amide bonds. The quantitative estimate of drug-likeness (QED) is 0.185. The first-order chi connectivity index (χ1) is 24.9. The fraction of sp³-hybridized carbons (Fsp3) is 0.659. The highest BCUT2D eigenvalue weighted by Gasteiger charge is 2.52. The highest BCUT2D eigenvalue weighted by molar-refractivity contribution is 6.62. The summed E-state index contributed by atoms with van der Waals surface area (Å²) < 4.78 is 29.5. The summed E-state index contributed by atoms with van der Waals surface area (Å²) in [7, 11) is 3.55. The molecule has 10 nitrogen and oxygen atoms in total. The van der Waals surface area contributed by atoms with E-state index in [1.807, 2.05) is 13.8 Å². The number of imidazole rings is 2. The Balaban J connectivity index is 0.000000196. The Hall–Kier alpha value is -2.73. The van der Waals surface area contributed by atoms with Crippen LogP contribution in [-0.2, 0) is 31.7 Å². The molecular formula is C41H66B2N6O4. The maximum Gasteiger partial charge on any atom is 0.494 e. The molecule has 290 valence electrons. The van der Waals surface area contributed by atoms with Crippen LogP contribution in [0.15, 0.2) is 36.4 Å². The molecule has 3 fully saturated rings. The van der Waals surface area contributed by atoms with Crippen molar-refractivity contribution in [1.29, 1.82) is 0 Å². The lowest BCUT2D eigenvalue weighted by atomic mass is 9.79. The zero-order valence-electron chi connectivity index (χ0n) is 35.3. The topological polar surface area (TPSA) is 79.0 Å². The lowest BCUT2D eigenvalue weighted by molar-refractivity contribution is 0.00578. The average Bonchev–Trinajstić information content (AvgIpc) is 3.87. The van der Waals surface area contributed by atoms with Crippen molar-refractivity contribution in [3.63, 3.8) is 0 Å². The minimum absolute atomic E-state index is 0.321. The molecule has 3 saturated heterocycles. The largest absolute Gasteiger partial charge is 0.494 e. The van der Waals surface area contributed by atoms with Crippen LogP contribution < -0.4 is 10.9 Å². The van der Waals surface area contributed by atoms with E-state index in [-0.39, 0.29) is 36.6 Å². The Bertz CT molecular complexity index is 1810. The van der Waals surface area contributed by atoms with Gasteiger partial charge in [0.2, 0.25) is 0 Å². The van der Waals surface area contributed by atoms with Gasteiger partial charge in [-0.3, -0.25) is 0 Å². The minimum atomic E-state index is -0.333. The fourth-order valence-electron chi connectivity index (χ4n) is 7.13. The van der Waals surface area contributed by atoms with Crippen molar-refractivity contribution < 1.29 is 18.6 Å². The van der Waals surface area contributed by atoms with Gasteiger partial charge in [0, 0.05) is 19.6 Å². The highest BCUT2D eigenvalue weighted by Crippen LogP contribution is 2.38. The molecule has 0 unspecified atom stereocenters. The van der Waals surface area contributed by atoms with E-state index in [1.54, 1.807) is 0 Å². The van der Waals surface area contributed by atoms with Crippen LogP contribution in [0.5, 0.6) is 0 Å². The van der Waals surface area contributed by atoms with E-state index in [0.717, 1.165) is 71.7 Å². The molecule has 0 N–H and O–H groups in total. The molecule has 2 aromatic carbocycles. The van der Waals surface area contributed by atoms with Gasteiger partial charge in [0.1, 0.15) is 11.6 Å². The van der Waals surface area contributed by atoms with E-state index in [9.17, 15) is 0 Å². The predicted octanol–water partition coefficient (Wildman–Crippen LogP) is 6.36.